The summed E-state index contributed by atoms with van der Waals surface area (Å²) in [5, 5.41) is 0. The summed E-state index contributed by atoms with van der Waals surface area (Å²) in [7, 11) is 1.49. The zero-order valence-corrected chi connectivity index (χ0v) is 11.5. The van der Waals surface area contributed by atoms with Crippen molar-refractivity contribution in [3.8, 4) is 5.75 Å². The molecule has 0 atom stereocenters. The number of carbonyl (C=O) groups is 1. The van der Waals surface area contributed by atoms with E-state index in [2.05, 4.69) is 0 Å². The average molecular weight is 287 g/mol. The number of ether oxygens (including phenoxy) is 1. The van der Waals surface area contributed by atoms with Crippen molar-refractivity contribution in [1.29, 1.82) is 0 Å². The predicted molar refractivity (Wildman–Crippen MR) is 67.5 cm³/mol. The van der Waals surface area contributed by atoms with Crippen LogP contribution in [0.4, 0.5) is 13.2 Å². The number of amides is 1. The van der Waals surface area contributed by atoms with Gasteiger partial charge >= 0.3 is 6.18 Å². The Balaban J connectivity index is 2.42. The van der Waals surface area contributed by atoms with Crippen molar-refractivity contribution in [3.05, 3.63) is 29.3 Å². The number of fused-ring (bicyclic) bond motifs is 1. The Kier molecular flexibility index (Phi) is 3.44. The van der Waals surface area contributed by atoms with E-state index in [-0.39, 0.29) is 6.54 Å². The molecule has 1 aromatic rings. The molecule has 0 N–H and O–H groups in total. The van der Waals surface area contributed by atoms with E-state index < -0.39 is 24.0 Å². The number of carbonyl (C=O) groups excluding carboxylic acids is 1. The van der Waals surface area contributed by atoms with Gasteiger partial charge < -0.3 is 9.64 Å². The lowest BCUT2D eigenvalue weighted by atomic mass is 9.77. The number of methoxy groups -OCH3 is 1. The lowest BCUT2D eigenvalue weighted by molar-refractivity contribution is -0.166. The van der Waals surface area contributed by atoms with Crippen molar-refractivity contribution in [2.24, 2.45) is 0 Å². The smallest absolute Gasteiger partial charge is 0.406 e. The van der Waals surface area contributed by atoms with E-state index in [1.54, 1.807) is 32.0 Å². The normalized spacial score (nSPS) is 17.9. The summed E-state index contributed by atoms with van der Waals surface area (Å²) in [4.78, 5) is 13.1. The second kappa shape index (κ2) is 4.68. The average Bonchev–Trinajstić information content (AvgIpc) is 2.33. The summed E-state index contributed by atoms with van der Waals surface area (Å²) in [6.07, 6.45) is -4.40. The van der Waals surface area contributed by atoms with Crippen LogP contribution in [0.15, 0.2) is 18.2 Å². The molecule has 0 fully saturated rings. The Labute approximate surface area is 115 Å². The van der Waals surface area contributed by atoms with E-state index in [0.717, 1.165) is 10.5 Å². The van der Waals surface area contributed by atoms with E-state index in [1.807, 2.05) is 0 Å². The standard InChI is InChI=1S/C14H16F3NO2/c1-13(2)11-5-4-10(20-3)6-9(11)7-18(12(13)19)8-14(15,16)17/h4-6H,7-8H2,1-3H3. The lowest BCUT2D eigenvalue weighted by Crippen LogP contribution is -2.50. The third-order valence-corrected chi connectivity index (χ3v) is 3.54. The van der Waals surface area contributed by atoms with Gasteiger partial charge in [0, 0.05) is 6.54 Å². The first-order valence-electron chi connectivity index (χ1n) is 6.18. The number of benzene rings is 1. The van der Waals surface area contributed by atoms with E-state index in [4.69, 9.17) is 4.74 Å². The first-order chi connectivity index (χ1) is 9.15. The largest absolute Gasteiger partial charge is 0.497 e. The molecule has 0 unspecified atom stereocenters. The summed E-state index contributed by atoms with van der Waals surface area (Å²) in [5.41, 5.74) is 0.477. The molecule has 1 heterocycles. The van der Waals surface area contributed by atoms with Crippen molar-refractivity contribution < 1.29 is 22.7 Å². The molecule has 1 amide bonds. The van der Waals surface area contributed by atoms with Gasteiger partial charge in [0.25, 0.3) is 0 Å². The predicted octanol–water partition coefficient (Wildman–Crippen LogP) is 2.88. The molecule has 0 bridgehead atoms. The van der Waals surface area contributed by atoms with Gasteiger partial charge in [-0.05, 0) is 37.1 Å². The molecule has 0 aliphatic carbocycles. The number of nitrogens with zero attached hydrogens (tertiary/aromatic N) is 1. The highest BCUT2D eigenvalue weighted by atomic mass is 19.4. The maximum atomic E-state index is 12.6. The molecule has 0 aromatic heterocycles. The summed E-state index contributed by atoms with van der Waals surface area (Å²) < 4.78 is 42.8. The van der Waals surface area contributed by atoms with Crippen molar-refractivity contribution >= 4 is 5.91 Å². The van der Waals surface area contributed by atoms with Gasteiger partial charge in [-0.1, -0.05) is 6.07 Å². The highest BCUT2D eigenvalue weighted by molar-refractivity contribution is 5.89. The lowest BCUT2D eigenvalue weighted by Gasteiger charge is -2.39. The van der Waals surface area contributed by atoms with Gasteiger partial charge in [0.1, 0.15) is 12.3 Å². The number of alkyl halides is 3. The highest BCUT2D eigenvalue weighted by Gasteiger charge is 2.43. The Bertz CT molecular complexity index is 538. The Morgan fingerprint density at radius 3 is 2.55 bits per heavy atom. The molecule has 0 spiro atoms. The molecule has 3 nitrogen and oxygen atoms in total. The van der Waals surface area contributed by atoms with Gasteiger partial charge in [0.05, 0.1) is 12.5 Å². The van der Waals surface area contributed by atoms with Crippen LogP contribution in [0.2, 0.25) is 0 Å². The van der Waals surface area contributed by atoms with Crippen LogP contribution in [0, 0.1) is 0 Å². The Hall–Kier alpha value is -1.72. The van der Waals surface area contributed by atoms with Crippen molar-refractivity contribution in [2.45, 2.75) is 32.0 Å². The van der Waals surface area contributed by atoms with Crippen LogP contribution in [0.1, 0.15) is 25.0 Å². The second-order valence-electron chi connectivity index (χ2n) is 5.42. The van der Waals surface area contributed by atoms with Gasteiger partial charge in [-0.3, -0.25) is 4.79 Å². The fourth-order valence-electron chi connectivity index (χ4n) is 2.57. The number of rotatable bonds is 2. The van der Waals surface area contributed by atoms with Gasteiger partial charge in [-0.2, -0.15) is 13.2 Å². The van der Waals surface area contributed by atoms with Crippen LogP contribution < -0.4 is 4.74 Å². The summed E-state index contributed by atoms with van der Waals surface area (Å²) in [6.45, 7) is 2.01. The zero-order valence-electron chi connectivity index (χ0n) is 11.5. The van der Waals surface area contributed by atoms with Gasteiger partial charge in [-0.15, -0.1) is 0 Å². The third kappa shape index (κ3) is 2.59. The first kappa shape index (κ1) is 14.7. The minimum Gasteiger partial charge on any atom is -0.497 e. The topological polar surface area (TPSA) is 29.5 Å². The first-order valence-corrected chi connectivity index (χ1v) is 6.18. The van der Waals surface area contributed by atoms with Gasteiger partial charge in [-0.25, -0.2) is 0 Å². The van der Waals surface area contributed by atoms with Crippen LogP contribution in [0.3, 0.4) is 0 Å². The van der Waals surface area contributed by atoms with Crippen molar-refractivity contribution in [3.63, 3.8) is 0 Å². The van der Waals surface area contributed by atoms with Crippen LogP contribution >= 0.6 is 0 Å². The monoisotopic (exact) mass is 287 g/mol. The molecular formula is C14H16F3NO2. The number of halogens is 3. The molecule has 1 aliphatic rings. The second-order valence-corrected chi connectivity index (χ2v) is 5.42. The summed E-state index contributed by atoms with van der Waals surface area (Å²) >= 11 is 0. The molecule has 1 aromatic carbocycles. The minimum atomic E-state index is -4.40. The Morgan fingerprint density at radius 1 is 1.35 bits per heavy atom. The fraction of sp³-hybridized carbons (Fsp3) is 0.500. The molecule has 0 radical (unpaired) electrons. The molecule has 1 aliphatic heterocycles. The fourth-order valence-corrected chi connectivity index (χ4v) is 2.57. The highest BCUT2D eigenvalue weighted by Crippen LogP contribution is 2.37. The number of hydrogen-bond donors (Lipinski definition) is 0. The molecule has 110 valence electrons. The maximum absolute atomic E-state index is 12.6. The quantitative estimate of drug-likeness (QED) is 0.837. The van der Waals surface area contributed by atoms with E-state index >= 15 is 0 Å². The molecule has 20 heavy (non-hydrogen) atoms. The van der Waals surface area contributed by atoms with Gasteiger partial charge in [0.2, 0.25) is 5.91 Å². The molecule has 0 saturated heterocycles. The molecule has 6 heteroatoms. The van der Waals surface area contributed by atoms with Crippen LogP contribution in [0.5, 0.6) is 5.75 Å². The van der Waals surface area contributed by atoms with Gasteiger partial charge in [0.15, 0.2) is 0 Å². The zero-order chi connectivity index (χ0) is 15.1. The minimum absolute atomic E-state index is 0.0473. The van der Waals surface area contributed by atoms with Crippen LogP contribution in [-0.2, 0) is 16.8 Å². The summed E-state index contributed by atoms with van der Waals surface area (Å²) in [5.74, 6) is 0.0633. The molecular weight excluding hydrogens is 271 g/mol. The molecule has 0 saturated carbocycles. The third-order valence-electron chi connectivity index (χ3n) is 3.54. The Morgan fingerprint density at radius 2 is 2.00 bits per heavy atom. The summed E-state index contributed by atoms with van der Waals surface area (Å²) in [6, 6.07) is 5.15. The van der Waals surface area contributed by atoms with E-state index in [0.29, 0.717) is 11.3 Å². The maximum Gasteiger partial charge on any atom is 0.406 e. The SMILES string of the molecule is COc1ccc2c(c1)CN(CC(F)(F)F)C(=O)C2(C)C. The van der Waals surface area contributed by atoms with Crippen molar-refractivity contribution in [1.82, 2.24) is 4.90 Å². The van der Waals surface area contributed by atoms with Crippen molar-refractivity contribution in [2.75, 3.05) is 13.7 Å². The number of hydrogen-bond acceptors (Lipinski definition) is 2. The van der Waals surface area contributed by atoms with Crippen LogP contribution in [-0.4, -0.2) is 30.6 Å². The molecule has 2 rings (SSSR count). The van der Waals surface area contributed by atoms with E-state index in [9.17, 15) is 18.0 Å². The van der Waals surface area contributed by atoms with Crippen LogP contribution in [0.25, 0.3) is 0 Å². The van der Waals surface area contributed by atoms with E-state index in [1.165, 1.54) is 7.11 Å².